The highest BCUT2D eigenvalue weighted by Crippen LogP contribution is 2.30. The number of rotatable bonds is 6. The third-order valence-corrected chi connectivity index (χ3v) is 4.40. The summed E-state index contributed by atoms with van der Waals surface area (Å²) in [4.78, 5) is 22.6. The molecule has 0 unspecified atom stereocenters. The van der Waals surface area contributed by atoms with Crippen LogP contribution in [0.15, 0.2) is 24.3 Å². The fourth-order valence-electron chi connectivity index (χ4n) is 2.93. The Hall–Kier alpha value is -2.37. The van der Waals surface area contributed by atoms with Crippen molar-refractivity contribution >= 4 is 22.8 Å². The van der Waals surface area contributed by atoms with Crippen molar-refractivity contribution in [1.29, 1.82) is 0 Å². The predicted molar refractivity (Wildman–Crippen MR) is 92.5 cm³/mol. The molecule has 1 fully saturated rings. The number of aromatic nitrogens is 2. The van der Waals surface area contributed by atoms with Crippen molar-refractivity contribution in [1.82, 2.24) is 9.97 Å². The molecule has 1 aromatic carbocycles. The van der Waals surface area contributed by atoms with Gasteiger partial charge in [-0.3, -0.25) is 4.79 Å². The smallest absolute Gasteiger partial charge is 0.306 e. The Morgan fingerprint density at radius 1 is 1.25 bits per heavy atom. The van der Waals surface area contributed by atoms with Crippen molar-refractivity contribution in [2.24, 2.45) is 5.92 Å². The highest BCUT2D eigenvalue weighted by molar-refractivity contribution is 5.77. The number of hydrogen-bond donors (Lipinski definition) is 1. The van der Waals surface area contributed by atoms with Crippen LogP contribution in [0.25, 0.3) is 11.0 Å². The van der Waals surface area contributed by atoms with Crippen LogP contribution in [0.2, 0.25) is 0 Å². The molecule has 24 heavy (non-hydrogen) atoms. The maximum Gasteiger partial charge on any atom is 0.306 e. The van der Waals surface area contributed by atoms with Crippen LogP contribution in [-0.4, -0.2) is 40.7 Å². The second kappa shape index (κ2) is 7.47. The molecule has 1 saturated heterocycles. The van der Waals surface area contributed by atoms with E-state index in [9.17, 15) is 4.79 Å². The van der Waals surface area contributed by atoms with Gasteiger partial charge < -0.3 is 14.7 Å². The van der Waals surface area contributed by atoms with Gasteiger partial charge in [0, 0.05) is 13.1 Å². The predicted octanol–water partition coefficient (Wildman–Crippen LogP) is 3.11. The molecule has 6 nitrogen and oxygen atoms in total. The Bertz CT molecular complexity index is 712. The Balaban J connectivity index is 1.86. The zero-order valence-corrected chi connectivity index (χ0v) is 13.9. The molecule has 0 amide bonds. The fraction of sp³-hybridized carbons (Fsp3) is 0.500. The monoisotopic (exact) mass is 329 g/mol. The molecule has 0 aliphatic carbocycles. The minimum absolute atomic E-state index is 0.265. The maximum absolute atomic E-state index is 11.1. The normalized spacial score (nSPS) is 15.6. The number of carboxylic acids is 1. The minimum Gasteiger partial charge on any atom is -0.481 e. The van der Waals surface area contributed by atoms with Crippen molar-refractivity contribution in [3.63, 3.8) is 0 Å². The van der Waals surface area contributed by atoms with Crippen LogP contribution in [0.1, 0.15) is 32.6 Å². The lowest BCUT2D eigenvalue weighted by atomic mass is 9.97. The average molecular weight is 329 g/mol. The van der Waals surface area contributed by atoms with Crippen molar-refractivity contribution in [2.45, 2.75) is 32.6 Å². The zero-order chi connectivity index (χ0) is 16.9. The van der Waals surface area contributed by atoms with E-state index in [0.717, 1.165) is 29.7 Å². The Morgan fingerprint density at radius 3 is 2.54 bits per heavy atom. The summed E-state index contributed by atoms with van der Waals surface area (Å²) in [7, 11) is 0. The van der Waals surface area contributed by atoms with E-state index in [1.807, 2.05) is 24.3 Å². The van der Waals surface area contributed by atoms with Gasteiger partial charge in [0.25, 0.3) is 5.88 Å². The van der Waals surface area contributed by atoms with E-state index in [1.165, 1.54) is 0 Å². The summed E-state index contributed by atoms with van der Waals surface area (Å²) in [5.41, 5.74) is 1.64. The van der Waals surface area contributed by atoms with E-state index in [0.29, 0.717) is 38.4 Å². The standard InChI is InChI=1S/C18H23N3O3/c1-2-3-12-24-17-16(19-14-6-4-5-7-15(14)20-17)21-10-8-13(9-11-21)18(22)23/h4-7,13H,2-3,8-12H2,1H3,(H,22,23). The third-order valence-electron chi connectivity index (χ3n) is 4.40. The lowest BCUT2D eigenvalue weighted by Crippen LogP contribution is -2.37. The summed E-state index contributed by atoms with van der Waals surface area (Å²) in [6.07, 6.45) is 3.27. The highest BCUT2D eigenvalue weighted by Gasteiger charge is 2.27. The molecule has 6 heteroatoms. The molecule has 1 aliphatic heterocycles. The van der Waals surface area contributed by atoms with Crippen LogP contribution in [0, 0.1) is 5.92 Å². The highest BCUT2D eigenvalue weighted by atomic mass is 16.5. The number of carboxylic acid groups (broad SMARTS) is 1. The van der Waals surface area contributed by atoms with Crippen molar-refractivity contribution < 1.29 is 14.6 Å². The van der Waals surface area contributed by atoms with Gasteiger partial charge in [-0.25, -0.2) is 9.97 Å². The second-order valence-corrected chi connectivity index (χ2v) is 6.14. The summed E-state index contributed by atoms with van der Waals surface area (Å²) in [5, 5.41) is 9.16. The van der Waals surface area contributed by atoms with Crippen LogP contribution in [-0.2, 0) is 4.79 Å². The average Bonchev–Trinajstić information content (AvgIpc) is 2.61. The van der Waals surface area contributed by atoms with E-state index in [4.69, 9.17) is 14.8 Å². The van der Waals surface area contributed by atoms with E-state index >= 15 is 0 Å². The minimum atomic E-state index is -0.710. The van der Waals surface area contributed by atoms with Gasteiger partial charge in [0.1, 0.15) is 0 Å². The molecule has 0 spiro atoms. The molecule has 2 heterocycles. The first kappa shape index (κ1) is 16.5. The van der Waals surface area contributed by atoms with Gasteiger partial charge in [0.15, 0.2) is 5.82 Å². The largest absolute Gasteiger partial charge is 0.481 e. The number of benzene rings is 1. The van der Waals surface area contributed by atoms with Crippen molar-refractivity contribution in [2.75, 3.05) is 24.6 Å². The van der Waals surface area contributed by atoms with Gasteiger partial charge in [-0.05, 0) is 31.4 Å². The Labute approximate surface area is 141 Å². The van der Waals surface area contributed by atoms with Crippen LogP contribution >= 0.6 is 0 Å². The first-order valence-electron chi connectivity index (χ1n) is 8.56. The van der Waals surface area contributed by atoms with Gasteiger partial charge in [0.05, 0.1) is 23.6 Å². The molecule has 0 atom stereocenters. The topological polar surface area (TPSA) is 75.6 Å². The molecule has 1 aliphatic rings. The molecule has 1 N–H and O–H groups in total. The molecule has 3 rings (SSSR count). The molecule has 128 valence electrons. The lowest BCUT2D eigenvalue weighted by Gasteiger charge is -2.31. The zero-order valence-electron chi connectivity index (χ0n) is 13.9. The summed E-state index contributed by atoms with van der Waals surface area (Å²) >= 11 is 0. The number of para-hydroxylation sites is 2. The van der Waals surface area contributed by atoms with Crippen LogP contribution in [0.5, 0.6) is 5.88 Å². The van der Waals surface area contributed by atoms with Crippen LogP contribution < -0.4 is 9.64 Å². The summed E-state index contributed by atoms with van der Waals surface area (Å²) in [6.45, 7) is 4.05. The molecule has 1 aromatic heterocycles. The first-order chi connectivity index (χ1) is 11.7. The van der Waals surface area contributed by atoms with Gasteiger partial charge >= 0.3 is 5.97 Å². The number of hydrogen-bond acceptors (Lipinski definition) is 5. The number of fused-ring (bicyclic) bond motifs is 1. The van der Waals surface area contributed by atoms with Crippen molar-refractivity contribution in [3.8, 4) is 5.88 Å². The quantitative estimate of drug-likeness (QED) is 0.821. The number of ether oxygens (including phenoxy) is 1. The van der Waals surface area contributed by atoms with Crippen molar-refractivity contribution in [3.05, 3.63) is 24.3 Å². The van der Waals surface area contributed by atoms with Gasteiger partial charge in [-0.2, -0.15) is 0 Å². The molecular weight excluding hydrogens is 306 g/mol. The van der Waals surface area contributed by atoms with Gasteiger partial charge in [-0.15, -0.1) is 0 Å². The third kappa shape index (κ3) is 3.58. The van der Waals surface area contributed by atoms with Crippen LogP contribution in [0.4, 0.5) is 5.82 Å². The fourth-order valence-corrected chi connectivity index (χ4v) is 2.93. The van der Waals surface area contributed by atoms with E-state index < -0.39 is 5.97 Å². The summed E-state index contributed by atoms with van der Waals surface area (Å²) < 4.78 is 5.88. The van der Waals surface area contributed by atoms with E-state index in [1.54, 1.807) is 0 Å². The second-order valence-electron chi connectivity index (χ2n) is 6.14. The maximum atomic E-state index is 11.1. The van der Waals surface area contributed by atoms with Gasteiger partial charge in [-0.1, -0.05) is 25.5 Å². The molecule has 2 aromatic rings. The molecule has 0 saturated carbocycles. The lowest BCUT2D eigenvalue weighted by molar-refractivity contribution is -0.142. The molecule has 0 bridgehead atoms. The molecule has 0 radical (unpaired) electrons. The van der Waals surface area contributed by atoms with Gasteiger partial charge in [0.2, 0.25) is 0 Å². The number of carbonyl (C=O) groups is 1. The molecular formula is C18H23N3O3. The first-order valence-corrected chi connectivity index (χ1v) is 8.56. The SMILES string of the molecule is CCCCOc1nc2ccccc2nc1N1CCC(C(=O)O)CC1. The summed E-state index contributed by atoms with van der Waals surface area (Å²) in [6, 6.07) is 7.74. The number of piperidine rings is 1. The Kier molecular flexibility index (Phi) is 5.13. The van der Waals surface area contributed by atoms with E-state index in [2.05, 4.69) is 16.8 Å². The number of nitrogens with zero attached hydrogens (tertiary/aromatic N) is 3. The number of aliphatic carboxylic acids is 1. The number of anilines is 1. The number of unbranched alkanes of at least 4 members (excludes halogenated alkanes) is 1. The van der Waals surface area contributed by atoms with E-state index in [-0.39, 0.29) is 5.92 Å². The summed E-state index contributed by atoms with van der Waals surface area (Å²) in [5.74, 6) is 0.308. The Morgan fingerprint density at radius 2 is 1.92 bits per heavy atom. The van der Waals surface area contributed by atoms with Crippen LogP contribution in [0.3, 0.4) is 0 Å².